The van der Waals surface area contributed by atoms with Crippen LogP contribution in [-0.2, 0) is 0 Å². The van der Waals surface area contributed by atoms with Crippen LogP contribution in [0.5, 0.6) is 0 Å². The van der Waals surface area contributed by atoms with E-state index < -0.39 is 0 Å². The van der Waals surface area contributed by atoms with Crippen molar-refractivity contribution < 1.29 is 13.6 Å². The first kappa shape index (κ1) is 18.8. The molecule has 0 radical (unpaired) electrons. The minimum absolute atomic E-state index is 0.187. The van der Waals surface area contributed by atoms with E-state index in [0.717, 1.165) is 5.69 Å². The van der Waals surface area contributed by atoms with E-state index in [-0.39, 0.29) is 23.2 Å². The van der Waals surface area contributed by atoms with Crippen molar-refractivity contribution in [3.63, 3.8) is 0 Å². The molecule has 1 amide bonds. The van der Waals surface area contributed by atoms with Crippen LogP contribution in [0.25, 0.3) is 0 Å². The van der Waals surface area contributed by atoms with Gasteiger partial charge in [0.15, 0.2) is 11.5 Å². The molecule has 6 nitrogen and oxygen atoms in total. The number of anilines is 3. The van der Waals surface area contributed by atoms with Gasteiger partial charge in [-0.05, 0) is 54.6 Å². The molecule has 0 spiro atoms. The van der Waals surface area contributed by atoms with Crippen molar-refractivity contribution in [1.29, 1.82) is 0 Å². The van der Waals surface area contributed by atoms with E-state index in [1.165, 1.54) is 24.3 Å². The monoisotopic (exact) mass is 395 g/mol. The van der Waals surface area contributed by atoms with Crippen LogP contribution in [0.1, 0.15) is 10.5 Å². The molecule has 3 aromatic rings. The highest BCUT2D eigenvalue weighted by molar-refractivity contribution is 5.92. The van der Waals surface area contributed by atoms with Crippen LogP contribution in [0.4, 0.5) is 26.0 Å². The predicted molar refractivity (Wildman–Crippen MR) is 106 cm³/mol. The summed E-state index contributed by atoms with van der Waals surface area (Å²) in [5.74, 6) is -0.382. The molecule has 1 aromatic heterocycles. The van der Waals surface area contributed by atoms with Crippen molar-refractivity contribution in [2.24, 2.45) is 0 Å². The van der Waals surface area contributed by atoms with E-state index in [1.54, 1.807) is 41.3 Å². The van der Waals surface area contributed by atoms with Crippen LogP contribution in [0.3, 0.4) is 0 Å². The maximum absolute atomic E-state index is 13.3. The summed E-state index contributed by atoms with van der Waals surface area (Å²) in [5.41, 5.74) is 1.74. The van der Waals surface area contributed by atoms with Crippen LogP contribution in [0.15, 0.2) is 60.7 Å². The average Bonchev–Trinajstić information content (AvgIpc) is 2.75. The summed E-state index contributed by atoms with van der Waals surface area (Å²) < 4.78 is 26.3. The summed E-state index contributed by atoms with van der Waals surface area (Å²) in [5, 5.41) is 11.0. The minimum Gasteiger partial charge on any atom is -0.368 e. The fourth-order valence-electron chi connectivity index (χ4n) is 3.21. The number of amides is 1. The molecule has 0 saturated carbocycles. The Bertz CT molecular complexity index is 987. The number of nitrogens with one attached hydrogen (secondary N) is 1. The number of aromatic nitrogens is 2. The second kappa shape index (κ2) is 8.22. The number of halogens is 2. The van der Waals surface area contributed by atoms with E-state index in [0.29, 0.717) is 37.7 Å². The molecule has 0 bridgehead atoms. The molecule has 2 aromatic carbocycles. The normalized spacial score (nSPS) is 14.0. The van der Waals surface area contributed by atoms with Gasteiger partial charge in [0, 0.05) is 37.6 Å². The number of carbonyl (C=O) groups excluding carboxylic acids is 1. The van der Waals surface area contributed by atoms with E-state index in [2.05, 4.69) is 20.4 Å². The lowest BCUT2D eigenvalue weighted by Crippen LogP contribution is -2.49. The molecule has 1 saturated heterocycles. The highest BCUT2D eigenvalue weighted by Gasteiger charge is 2.23. The number of piperazine rings is 1. The smallest absolute Gasteiger partial charge is 0.274 e. The van der Waals surface area contributed by atoms with Gasteiger partial charge in [-0.3, -0.25) is 4.79 Å². The summed E-state index contributed by atoms with van der Waals surface area (Å²) in [6, 6.07) is 15.6. The van der Waals surface area contributed by atoms with Gasteiger partial charge < -0.3 is 15.1 Å². The summed E-state index contributed by atoms with van der Waals surface area (Å²) in [6.45, 7) is 2.40. The third-order valence-corrected chi connectivity index (χ3v) is 4.74. The molecule has 1 fully saturated rings. The molecule has 1 aliphatic heterocycles. The van der Waals surface area contributed by atoms with Gasteiger partial charge >= 0.3 is 0 Å². The van der Waals surface area contributed by atoms with Gasteiger partial charge in [-0.1, -0.05) is 6.07 Å². The van der Waals surface area contributed by atoms with Gasteiger partial charge in [0.05, 0.1) is 0 Å². The molecular formula is C21H19F2N5O. The predicted octanol–water partition coefficient (Wildman–Crippen LogP) is 3.46. The topological polar surface area (TPSA) is 61.4 Å². The molecule has 0 unspecified atom stereocenters. The van der Waals surface area contributed by atoms with Crippen LogP contribution in [-0.4, -0.2) is 47.2 Å². The Hall–Kier alpha value is -3.55. The molecule has 1 aliphatic rings. The van der Waals surface area contributed by atoms with Gasteiger partial charge in [-0.15, -0.1) is 10.2 Å². The van der Waals surface area contributed by atoms with Gasteiger partial charge in [-0.25, -0.2) is 8.78 Å². The second-order valence-electron chi connectivity index (χ2n) is 6.69. The lowest BCUT2D eigenvalue weighted by molar-refractivity contribution is 0.0739. The van der Waals surface area contributed by atoms with Gasteiger partial charge in [0.2, 0.25) is 0 Å². The lowest BCUT2D eigenvalue weighted by Gasteiger charge is -2.35. The summed E-state index contributed by atoms with van der Waals surface area (Å²) in [4.78, 5) is 16.5. The van der Waals surface area contributed by atoms with Crippen molar-refractivity contribution in [3.05, 3.63) is 78.0 Å². The quantitative estimate of drug-likeness (QED) is 0.733. The molecule has 8 heteroatoms. The van der Waals surface area contributed by atoms with Crippen LogP contribution < -0.4 is 10.2 Å². The highest BCUT2D eigenvalue weighted by atomic mass is 19.1. The zero-order valence-corrected chi connectivity index (χ0v) is 15.6. The first-order valence-corrected chi connectivity index (χ1v) is 9.24. The molecule has 0 aliphatic carbocycles. The first-order chi connectivity index (χ1) is 14.1. The Balaban J connectivity index is 1.35. The molecule has 148 valence electrons. The van der Waals surface area contributed by atoms with Crippen molar-refractivity contribution in [1.82, 2.24) is 15.1 Å². The second-order valence-corrected chi connectivity index (χ2v) is 6.69. The number of hydrogen-bond acceptors (Lipinski definition) is 5. The SMILES string of the molecule is O=C(c1ccc(Nc2cccc(F)c2)nn1)N1CCN(c2ccc(F)cc2)CC1. The maximum atomic E-state index is 13.3. The average molecular weight is 395 g/mol. The standard InChI is InChI=1S/C21H19F2N5O/c22-15-4-6-18(7-5-15)27-10-12-28(13-11-27)21(29)19-8-9-20(26-25-19)24-17-3-1-2-16(23)14-17/h1-9,14H,10-13H2,(H,24,26). The fraction of sp³-hybridized carbons (Fsp3) is 0.190. The fourth-order valence-corrected chi connectivity index (χ4v) is 3.21. The first-order valence-electron chi connectivity index (χ1n) is 9.24. The summed E-state index contributed by atoms with van der Waals surface area (Å²) >= 11 is 0. The minimum atomic E-state index is -0.352. The Kier molecular flexibility index (Phi) is 5.33. The number of hydrogen-bond donors (Lipinski definition) is 1. The largest absolute Gasteiger partial charge is 0.368 e. The Morgan fingerprint density at radius 2 is 1.62 bits per heavy atom. The summed E-state index contributed by atoms with van der Waals surface area (Å²) in [7, 11) is 0. The van der Waals surface area contributed by atoms with E-state index in [1.807, 2.05) is 0 Å². The van der Waals surface area contributed by atoms with Crippen molar-refractivity contribution >= 4 is 23.1 Å². The number of rotatable bonds is 4. The third kappa shape index (κ3) is 4.48. The number of benzene rings is 2. The van der Waals surface area contributed by atoms with E-state index in [9.17, 15) is 13.6 Å². The van der Waals surface area contributed by atoms with Crippen LogP contribution in [0.2, 0.25) is 0 Å². The molecule has 1 N–H and O–H groups in total. The van der Waals surface area contributed by atoms with Gasteiger partial charge in [0.25, 0.3) is 5.91 Å². The zero-order valence-electron chi connectivity index (χ0n) is 15.6. The Morgan fingerprint density at radius 1 is 0.862 bits per heavy atom. The zero-order chi connectivity index (χ0) is 20.2. The molecule has 2 heterocycles. The molecule has 4 rings (SSSR count). The Labute approximate surface area is 166 Å². The van der Waals surface area contributed by atoms with Crippen molar-refractivity contribution in [3.8, 4) is 0 Å². The van der Waals surface area contributed by atoms with Gasteiger partial charge in [0.1, 0.15) is 11.6 Å². The highest BCUT2D eigenvalue weighted by Crippen LogP contribution is 2.18. The van der Waals surface area contributed by atoms with Gasteiger partial charge in [-0.2, -0.15) is 0 Å². The number of carbonyl (C=O) groups is 1. The summed E-state index contributed by atoms with van der Waals surface area (Å²) in [6.07, 6.45) is 0. The Morgan fingerprint density at radius 3 is 2.28 bits per heavy atom. The van der Waals surface area contributed by atoms with E-state index in [4.69, 9.17) is 0 Å². The van der Waals surface area contributed by atoms with Crippen molar-refractivity contribution in [2.45, 2.75) is 0 Å². The van der Waals surface area contributed by atoms with E-state index >= 15 is 0 Å². The van der Waals surface area contributed by atoms with Crippen LogP contribution >= 0.6 is 0 Å². The molecular weight excluding hydrogens is 376 g/mol. The van der Waals surface area contributed by atoms with Crippen molar-refractivity contribution in [2.75, 3.05) is 36.4 Å². The third-order valence-electron chi connectivity index (χ3n) is 4.74. The lowest BCUT2D eigenvalue weighted by atomic mass is 10.2. The maximum Gasteiger partial charge on any atom is 0.274 e. The molecule has 0 atom stereocenters. The number of nitrogens with zero attached hydrogens (tertiary/aromatic N) is 4. The molecule has 29 heavy (non-hydrogen) atoms. The van der Waals surface area contributed by atoms with Crippen LogP contribution in [0, 0.1) is 11.6 Å².